The van der Waals surface area contributed by atoms with E-state index >= 15 is 0 Å². The van der Waals surface area contributed by atoms with Crippen molar-refractivity contribution in [3.63, 3.8) is 0 Å². The molecule has 0 N–H and O–H groups in total. The second kappa shape index (κ2) is 8.70. The summed E-state index contributed by atoms with van der Waals surface area (Å²) in [7, 11) is 2.06. The summed E-state index contributed by atoms with van der Waals surface area (Å²) in [6, 6.07) is 8.14. The van der Waals surface area contributed by atoms with Crippen molar-refractivity contribution in [3.05, 3.63) is 48.5 Å². The number of amides is 1. The molecule has 2 aromatic heterocycles. The third-order valence-corrected chi connectivity index (χ3v) is 4.84. The predicted molar refractivity (Wildman–Crippen MR) is 97.3 cm³/mol. The van der Waals surface area contributed by atoms with Gasteiger partial charge in [0.1, 0.15) is 5.75 Å². The molecule has 1 amide bonds. The number of pyridine rings is 1. The summed E-state index contributed by atoms with van der Waals surface area (Å²) in [5, 5.41) is 0. The van der Waals surface area contributed by atoms with Gasteiger partial charge in [-0.15, -0.1) is 0 Å². The molecule has 0 unspecified atom stereocenters. The van der Waals surface area contributed by atoms with E-state index in [1.54, 1.807) is 12.4 Å². The van der Waals surface area contributed by atoms with Crippen LogP contribution in [0.2, 0.25) is 0 Å². The highest BCUT2D eigenvalue weighted by Crippen LogP contribution is 2.30. The fourth-order valence-corrected chi connectivity index (χ4v) is 3.52. The van der Waals surface area contributed by atoms with Crippen LogP contribution in [0.1, 0.15) is 50.3 Å². The first kappa shape index (κ1) is 17.5. The lowest BCUT2D eigenvalue weighted by Crippen LogP contribution is -2.35. The van der Waals surface area contributed by atoms with Gasteiger partial charge in [-0.2, -0.15) is 0 Å². The zero-order chi connectivity index (χ0) is 17.5. The molecule has 1 aliphatic heterocycles. The Balaban J connectivity index is 1.55. The average molecular weight is 341 g/mol. The van der Waals surface area contributed by atoms with E-state index in [0.717, 1.165) is 31.6 Å². The van der Waals surface area contributed by atoms with Crippen LogP contribution in [0.3, 0.4) is 0 Å². The van der Waals surface area contributed by atoms with Crippen LogP contribution in [0.5, 0.6) is 5.75 Å². The molecule has 0 aliphatic carbocycles. The van der Waals surface area contributed by atoms with Crippen LogP contribution in [0.15, 0.2) is 42.9 Å². The highest BCUT2D eigenvalue weighted by atomic mass is 16.5. The Morgan fingerprint density at radius 1 is 1.28 bits per heavy atom. The standard InChI is InChI=1S/C20H27N3O2/c1-22-13-6-10-18(22)19-9-3-2-4-14-23(19)20(24)11-7-15-25-17-8-5-12-21-16-17/h5-6,8,10,12-13,16,19H,2-4,7,9,11,14-15H2,1H3/t19-/m0/s1. The number of ether oxygens (including phenoxy) is 1. The minimum atomic E-state index is 0.203. The van der Waals surface area contributed by atoms with Gasteiger partial charge in [0.25, 0.3) is 0 Å². The zero-order valence-corrected chi connectivity index (χ0v) is 14.9. The molecule has 0 spiro atoms. The van der Waals surface area contributed by atoms with Crippen LogP contribution >= 0.6 is 0 Å². The van der Waals surface area contributed by atoms with E-state index in [2.05, 4.69) is 39.8 Å². The van der Waals surface area contributed by atoms with Crippen LogP contribution in [0, 0.1) is 0 Å². The Hall–Kier alpha value is -2.30. The topological polar surface area (TPSA) is 47.4 Å². The summed E-state index contributed by atoms with van der Waals surface area (Å²) < 4.78 is 7.79. The maximum Gasteiger partial charge on any atom is 0.223 e. The van der Waals surface area contributed by atoms with Gasteiger partial charge in [-0.1, -0.05) is 12.8 Å². The first-order valence-electron chi connectivity index (χ1n) is 9.19. The van der Waals surface area contributed by atoms with Crippen molar-refractivity contribution < 1.29 is 9.53 Å². The van der Waals surface area contributed by atoms with Gasteiger partial charge in [-0.3, -0.25) is 9.78 Å². The van der Waals surface area contributed by atoms with Crippen molar-refractivity contribution in [1.82, 2.24) is 14.5 Å². The quantitative estimate of drug-likeness (QED) is 0.752. The molecule has 5 heteroatoms. The van der Waals surface area contributed by atoms with E-state index in [9.17, 15) is 4.79 Å². The van der Waals surface area contributed by atoms with Crippen molar-refractivity contribution >= 4 is 5.91 Å². The second-order valence-corrected chi connectivity index (χ2v) is 6.64. The maximum absolute atomic E-state index is 12.8. The third kappa shape index (κ3) is 4.62. The van der Waals surface area contributed by atoms with E-state index in [-0.39, 0.29) is 11.9 Å². The molecule has 1 aliphatic rings. The zero-order valence-electron chi connectivity index (χ0n) is 14.9. The summed E-state index contributed by atoms with van der Waals surface area (Å²) in [5.41, 5.74) is 1.24. The van der Waals surface area contributed by atoms with Gasteiger partial charge in [-0.25, -0.2) is 0 Å². The Labute approximate surface area is 149 Å². The van der Waals surface area contributed by atoms with E-state index in [0.29, 0.717) is 13.0 Å². The van der Waals surface area contributed by atoms with Gasteiger partial charge in [0.15, 0.2) is 0 Å². The third-order valence-electron chi connectivity index (χ3n) is 4.84. The molecule has 0 saturated carbocycles. The van der Waals surface area contributed by atoms with Crippen LogP contribution in [-0.4, -0.2) is 33.5 Å². The van der Waals surface area contributed by atoms with Crippen LogP contribution in [-0.2, 0) is 11.8 Å². The first-order valence-corrected chi connectivity index (χ1v) is 9.19. The fraction of sp³-hybridized carbons (Fsp3) is 0.500. The van der Waals surface area contributed by atoms with Crippen LogP contribution in [0.25, 0.3) is 0 Å². The molecular formula is C20H27N3O2. The summed E-state index contributed by atoms with van der Waals surface area (Å²) in [6.07, 6.45) is 11.3. The molecule has 0 bridgehead atoms. The number of hydrogen-bond acceptors (Lipinski definition) is 3. The molecule has 134 valence electrons. The number of aromatic nitrogens is 2. The molecular weight excluding hydrogens is 314 g/mol. The molecule has 1 saturated heterocycles. The van der Waals surface area contributed by atoms with E-state index in [1.165, 1.54) is 18.5 Å². The lowest BCUT2D eigenvalue weighted by atomic mass is 10.1. The molecule has 1 atom stereocenters. The van der Waals surface area contributed by atoms with Crippen molar-refractivity contribution in [2.45, 2.75) is 44.6 Å². The normalized spacial score (nSPS) is 18.0. The highest BCUT2D eigenvalue weighted by molar-refractivity contribution is 5.76. The van der Waals surface area contributed by atoms with E-state index < -0.39 is 0 Å². The highest BCUT2D eigenvalue weighted by Gasteiger charge is 2.27. The summed E-state index contributed by atoms with van der Waals surface area (Å²) in [5.74, 6) is 0.995. The molecule has 3 heterocycles. The van der Waals surface area contributed by atoms with E-state index in [4.69, 9.17) is 4.74 Å². The molecule has 3 rings (SSSR count). The number of hydrogen-bond donors (Lipinski definition) is 0. The Bertz CT molecular complexity index is 669. The predicted octanol–water partition coefficient (Wildman–Crippen LogP) is 3.72. The van der Waals surface area contributed by atoms with Gasteiger partial charge >= 0.3 is 0 Å². The SMILES string of the molecule is Cn1cccc1[C@@H]1CCCCCN1C(=O)CCCOc1cccnc1. The Kier molecular flexibility index (Phi) is 6.09. The molecule has 25 heavy (non-hydrogen) atoms. The average Bonchev–Trinajstić information content (AvgIpc) is 2.91. The number of rotatable bonds is 6. The largest absolute Gasteiger partial charge is 0.492 e. The lowest BCUT2D eigenvalue weighted by Gasteiger charge is -2.30. The fourth-order valence-electron chi connectivity index (χ4n) is 3.52. The Morgan fingerprint density at radius 3 is 2.96 bits per heavy atom. The van der Waals surface area contributed by atoms with Crippen LogP contribution in [0.4, 0.5) is 0 Å². The number of carbonyl (C=O) groups is 1. The molecule has 2 aromatic rings. The first-order chi connectivity index (χ1) is 12.3. The van der Waals surface area contributed by atoms with Gasteiger partial charge in [-0.05, 0) is 43.5 Å². The minimum absolute atomic E-state index is 0.203. The number of likely N-dealkylation sites (tertiary alicyclic amines) is 1. The molecule has 0 radical (unpaired) electrons. The van der Waals surface area contributed by atoms with Crippen molar-refractivity contribution in [2.24, 2.45) is 7.05 Å². The smallest absolute Gasteiger partial charge is 0.223 e. The molecule has 5 nitrogen and oxygen atoms in total. The molecule has 1 fully saturated rings. The number of aryl methyl sites for hydroxylation is 1. The van der Waals surface area contributed by atoms with Crippen molar-refractivity contribution in [3.8, 4) is 5.75 Å². The lowest BCUT2D eigenvalue weighted by molar-refractivity contribution is -0.134. The number of carbonyl (C=O) groups excluding carboxylic acids is 1. The van der Waals surface area contributed by atoms with Crippen LogP contribution < -0.4 is 4.74 Å². The summed E-state index contributed by atoms with van der Waals surface area (Å²) in [4.78, 5) is 18.9. The molecule has 0 aromatic carbocycles. The van der Waals surface area contributed by atoms with Crippen molar-refractivity contribution in [1.29, 1.82) is 0 Å². The van der Waals surface area contributed by atoms with Gasteiger partial charge < -0.3 is 14.2 Å². The Morgan fingerprint density at radius 2 is 2.20 bits per heavy atom. The van der Waals surface area contributed by atoms with Gasteiger partial charge in [0.2, 0.25) is 5.91 Å². The maximum atomic E-state index is 12.8. The summed E-state index contributed by atoms with van der Waals surface area (Å²) >= 11 is 0. The van der Waals surface area contributed by atoms with Gasteiger partial charge in [0.05, 0.1) is 18.8 Å². The number of nitrogens with zero attached hydrogens (tertiary/aromatic N) is 3. The van der Waals surface area contributed by atoms with E-state index in [1.807, 2.05) is 12.1 Å². The monoisotopic (exact) mass is 341 g/mol. The van der Waals surface area contributed by atoms with Gasteiger partial charge in [0, 0.05) is 38.1 Å². The minimum Gasteiger partial charge on any atom is -0.492 e. The second-order valence-electron chi connectivity index (χ2n) is 6.64. The summed E-state index contributed by atoms with van der Waals surface area (Å²) in [6.45, 7) is 1.40. The van der Waals surface area contributed by atoms with Crippen molar-refractivity contribution in [2.75, 3.05) is 13.2 Å².